The summed E-state index contributed by atoms with van der Waals surface area (Å²) >= 11 is 0. The number of hydrogen-bond donors (Lipinski definition) is 0. The number of ether oxygens (including phenoxy) is 3. The van der Waals surface area contributed by atoms with Crippen LogP contribution in [-0.2, 0) is 23.8 Å². The number of esters is 1. The van der Waals surface area contributed by atoms with Gasteiger partial charge in [0, 0.05) is 26.9 Å². The number of amides is 1. The molecule has 126 valence electrons. The molecule has 1 rings (SSSR count). The van der Waals surface area contributed by atoms with E-state index in [4.69, 9.17) is 14.2 Å². The van der Waals surface area contributed by atoms with Crippen LogP contribution in [-0.4, -0.2) is 54.3 Å². The fourth-order valence-electron chi connectivity index (χ4n) is 2.54. The van der Waals surface area contributed by atoms with E-state index >= 15 is 0 Å². The summed E-state index contributed by atoms with van der Waals surface area (Å²) in [7, 11) is 1.48. The number of carbonyl (C=O) groups is 3. The molecule has 22 heavy (non-hydrogen) atoms. The summed E-state index contributed by atoms with van der Waals surface area (Å²) in [4.78, 5) is 35.8. The maximum Gasteiger partial charge on any atom is 0.412 e. The third-order valence-electron chi connectivity index (χ3n) is 3.30. The third-order valence-corrected chi connectivity index (χ3v) is 3.30. The topological polar surface area (TPSA) is 82.1 Å². The Morgan fingerprint density at radius 3 is 2.41 bits per heavy atom. The van der Waals surface area contributed by atoms with Gasteiger partial charge in [0.1, 0.15) is 24.2 Å². The molecule has 7 heteroatoms. The number of methoxy groups -OCH3 is 1. The highest BCUT2D eigenvalue weighted by molar-refractivity contribution is 5.70. The van der Waals surface area contributed by atoms with Crippen molar-refractivity contribution in [3.8, 4) is 0 Å². The summed E-state index contributed by atoms with van der Waals surface area (Å²) < 4.78 is 16.0. The second-order valence-electron chi connectivity index (χ2n) is 6.27. The number of rotatable bonds is 5. The first-order valence-electron chi connectivity index (χ1n) is 7.34. The molecular weight excluding hydrogens is 290 g/mol. The van der Waals surface area contributed by atoms with Crippen molar-refractivity contribution in [2.45, 2.75) is 70.9 Å². The van der Waals surface area contributed by atoms with Crippen molar-refractivity contribution >= 4 is 18.3 Å². The number of likely N-dealkylation sites (tertiary alicyclic amines) is 1. The molecular formula is C15H25NO6. The molecule has 0 N–H and O–H groups in total. The summed E-state index contributed by atoms with van der Waals surface area (Å²) in [6, 6.07) is -0.436. The lowest BCUT2D eigenvalue weighted by Crippen LogP contribution is -2.47. The normalized spacial score (nSPS) is 25.0. The molecule has 0 saturated carbocycles. The molecule has 1 amide bonds. The van der Waals surface area contributed by atoms with Gasteiger partial charge in [-0.15, -0.1) is 0 Å². The maximum atomic E-state index is 12.4. The number of aldehydes is 1. The van der Waals surface area contributed by atoms with E-state index in [9.17, 15) is 14.4 Å². The number of nitrogens with zero attached hydrogens (tertiary/aromatic N) is 1. The zero-order chi connectivity index (χ0) is 16.9. The molecule has 1 heterocycles. The minimum atomic E-state index is -0.649. The van der Waals surface area contributed by atoms with Crippen LogP contribution in [0.15, 0.2) is 0 Å². The summed E-state index contributed by atoms with van der Waals surface area (Å²) in [6.45, 7) is 6.63. The van der Waals surface area contributed by atoms with Crippen LogP contribution in [0, 0.1) is 0 Å². The van der Waals surface area contributed by atoms with Gasteiger partial charge in [0.2, 0.25) is 0 Å². The van der Waals surface area contributed by atoms with Gasteiger partial charge >= 0.3 is 12.1 Å². The Bertz CT molecular complexity index is 417. The van der Waals surface area contributed by atoms with Crippen LogP contribution >= 0.6 is 0 Å². The van der Waals surface area contributed by atoms with Crippen LogP contribution in [0.1, 0.15) is 47.0 Å². The van der Waals surface area contributed by atoms with Crippen LogP contribution < -0.4 is 0 Å². The lowest BCUT2D eigenvalue weighted by Gasteiger charge is -2.32. The Labute approximate surface area is 130 Å². The van der Waals surface area contributed by atoms with E-state index in [1.54, 1.807) is 20.8 Å². The zero-order valence-corrected chi connectivity index (χ0v) is 13.8. The minimum absolute atomic E-state index is 0.262. The van der Waals surface area contributed by atoms with Gasteiger partial charge < -0.3 is 19.0 Å². The SMILES string of the molecule is COC1C[C@H](OC(C)=O)[C@@H](CCC=O)N1C(=O)OC(C)(C)C. The second kappa shape index (κ2) is 7.58. The molecule has 0 radical (unpaired) electrons. The van der Waals surface area contributed by atoms with E-state index in [-0.39, 0.29) is 6.42 Å². The smallest absolute Gasteiger partial charge is 0.412 e. The maximum absolute atomic E-state index is 12.4. The van der Waals surface area contributed by atoms with Gasteiger partial charge in [0.15, 0.2) is 0 Å². The highest BCUT2D eigenvalue weighted by Gasteiger charge is 2.47. The molecule has 3 atom stereocenters. The van der Waals surface area contributed by atoms with Gasteiger partial charge in [0.05, 0.1) is 6.04 Å². The molecule has 1 fully saturated rings. The van der Waals surface area contributed by atoms with Crippen molar-refractivity contribution < 1.29 is 28.6 Å². The van der Waals surface area contributed by atoms with Gasteiger partial charge in [0.25, 0.3) is 0 Å². The van der Waals surface area contributed by atoms with Gasteiger partial charge in [-0.25, -0.2) is 4.79 Å². The Morgan fingerprint density at radius 1 is 1.32 bits per heavy atom. The Hall–Kier alpha value is -1.63. The number of hydrogen-bond acceptors (Lipinski definition) is 6. The molecule has 1 unspecified atom stereocenters. The Kier molecular flexibility index (Phi) is 6.34. The molecule has 0 bridgehead atoms. The van der Waals surface area contributed by atoms with Gasteiger partial charge in [-0.2, -0.15) is 0 Å². The molecule has 0 aromatic heterocycles. The van der Waals surface area contributed by atoms with Crippen molar-refractivity contribution in [2.24, 2.45) is 0 Å². The second-order valence-corrected chi connectivity index (χ2v) is 6.27. The van der Waals surface area contributed by atoms with E-state index in [0.29, 0.717) is 12.8 Å². The van der Waals surface area contributed by atoms with Crippen molar-refractivity contribution in [1.82, 2.24) is 4.90 Å². The fraction of sp³-hybridized carbons (Fsp3) is 0.800. The molecule has 0 aromatic rings. The lowest BCUT2D eigenvalue weighted by molar-refractivity contribution is -0.147. The first-order chi connectivity index (χ1) is 10.2. The van der Waals surface area contributed by atoms with Crippen molar-refractivity contribution in [2.75, 3.05) is 7.11 Å². The average Bonchev–Trinajstić information content (AvgIpc) is 2.71. The third kappa shape index (κ3) is 4.98. The van der Waals surface area contributed by atoms with Crippen LogP contribution in [0.2, 0.25) is 0 Å². The average molecular weight is 315 g/mol. The molecule has 1 aliphatic rings. The van der Waals surface area contributed by atoms with Crippen molar-refractivity contribution in [3.63, 3.8) is 0 Å². The predicted molar refractivity (Wildman–Crippen MR) is 78.1 cm³/mol. The van der Waals surface area contributed by atoms with Gasteiger partial charge in [-0.1, -0.05) is 0 Å². The highest BCUT2D eigenvalue weighted by Crippen LogP contribution is 2.32. The zero-order valence-electron chi connectivity index (χ0n) is 13.8. The first kappa shape index (κ1) is 18.4. The minimum Gasteiger partial charge on any atom is -0.460 e. The van der Waals surface area contributed by atoms with Gasteiger partial charge in [-0.3, -0.25) is 9.69 Å². The van der Waals surface area contributed by atoms with E-state index < -0.39 is 36.0 Å². The van der Waals surface area contributed by atoms with Crippen LogP contribution in [0.3, 0.4) is 0 Å². The van der Waals surface area contributed by atoms with Crippen molar-refractivity contribution in [1.29, 1.82) is 0 Å². The summed E-state index contributed by atoms with van der Waals surface area (Å²) in [5.74, 6) is -0.429. The monoisotopic (exact) mass is 315 g/mol. The molecule has 7 nitrogen and oxygen atoms in total. The standard InChI is InChI=1S/C15H25NO6/c1-10(18)21-12-9-13(20-5)16(11(12)7-6-8-17)14(19)22-15(2,3)4/h8,11-13H,6-7,9H2,1-5H3/t11-,12+,13?/m1/s1. The first-order valence-corrected chi connectivity index (χ1v) is 7.34. The fourth-order valence-corrected chi connectivity index (χ4v) is 2.54. The van der Waals surface area contributed by atoms with Crippen LogP contribution in [0.4, 0.5) is 4.79 Å². The quantitative estimate of drug-likeness (QED) is 0.569. The van der Waals surface area contributed by atoms with E-state index in [2.05, 4.69) is 0 Å². The highest BCUT2D eigenvalue weighted by atomic mass is 16.6. The molecule has 1 saturated heterocycles. The molecule has 0 spiro atoms. The van der Waals surface area contributed by atoms with E-state index in [0.717, 1.165) is 6.29 Å². The summed E-state index contributed by atoms with van der Waals surface area (Å²) in [5, 5.41) is 0. The molecule has 0 aliphatic carbocycles. The van der Waals surface area contributed by atoms with Gasteiger partial charge in [-0.05, 0) is 27.2 Å². The van der Waals surface area contributed by atoms with Crippen LogP contribution in [0.25, 0.3) is 0 Å². The lowest BCUT2D eigenvalue weighted by atomic mass is 10.1. The van der Waals surface area contributed by atoms with Crippen molar-refractivity contribution in [3.05, 3.63) is 0 Å². The summed E-state index contributed by atoms with van der Waals surface area (Å²) in [6.07, 6.45) is 0.200. The van der Waals surface area contributed by atoms with E-state index in [1.807, 2.05) is 0 Å². The largest absolute Gasteiger partial charge is 0.460 e. The number of carbonyl (C=O) groups excluding carboxylic acids is 3. The molecule has 1 aliphatic heterocycles. The van der Waals surface area contributed by atoms with Crippen LogP contribution in [0.5, 0.6) is 0 Å². The molecule has 0 aromatic carbocycles. The Morgan fingerprint density at radius 2 is 1.95 bits per heavy atom. The van der Waals surface area contributed by atoms with E-state index in [1.165, 1.54) is 18.9 Å². The predicted octanol–water partition coefficient (Wildman–Crippen LogP) is 1.88. The summed E-state index contributed by atoms with van der Waals surface area (Å²) in [5.41, 5.74) is -0.649. The Balaban J connectivity index is 2.97.